The number of allylic oxidation sites excluding steroid dienone is 4. The molecule has 1 aliphatic rings. The molecule has 3 atom stereocenters. The summed E-state index contributed by atoms with van der Waals surface area (Å²) in [5.74, 6) is 1.41. The summed E-state index contributed by atoms with van der Waals surface area (Å²) in [5, 5.41) is 0. The van der Waals surface area contributed by atoms with Crippen LogP contribution in [-0.4, -0.2) is 0 Å². The molecule has 0 saturated carbocycles. The highest BCUT2D eigenvalue weighted by Crippen LogP contribution is 2.43. The zero-order valence-corrected chi connectivity index (χ0v) is 16.0. The smallest absolute Gasteiger partial charge is 0.0136 e. The maximum Gasteiger partial charge on any atom is -0.0136 e. The van der Waals surface area contributed by atoms with Gasteiger partial charge >= 0.3 is 0 Å². The summed E-state index contributed by atoms with van der Waals surface area (Å²) in [4.78, 5) is 1.27. The highest BCUT2D eigenvalue weighted by atomic mass is 32.1. The Labute approximate surface area is 138 Å². The Bertz CT molecular complexity index is 377. The van der Waals surface area contributed by atoms with Crippen LogP contribution in [0.1, 0.15) is 80.1 Å². The van der Waals surface area contributed by atoms with Crippen molar-refractivity contribution in [3.05, 3.63) is 23.1 Å². The van der Waals surface area contributed by atoms with Gasteiger partial charge in [-0.15, -0.1) is 12.6 Å². The molecule has 1 unspecified atom stereocenters. The zero-order valence-electron chi connectivity index (χ0n) is 15.1. The Balaban J connectivity index is 2.44. The molecular weight excluding hydrogens is 272 g/mol. The number of hydrogen-bond donors (Lipinski definition) is 1. The van der Waals surface area contributed by atoms with Crippen molar-refractivity contribution in [2.75, 3.05) is 0 Å². The van der Waals surface area contributed by atoms with Crippen LogP contribution in [0.5, 0.6) is 0 Å². The lowest BCUT2D eigenvalue weighted by Gasteiger charge is -2.37. The monoisotopic (exact) mass is 308 g/mol. The van der Waals surface area contributed by atoms with E-state index in [9.17, 15) is 0 Å². The van der Waals surface area contributed by atoms with Crippen molar-refractivity contribution in [3.63, 3.8) is 0 Å². The second-order valence-corrected chi connectivity index (χ2v) is 8.82. The summed E-state index contributed by atoms with van der Waals surface area (Å²) in [6.07, 6.45) is 14.9. The molecule has 1 aliphatic carbocycles. The lowest BCUT2D eigenvalue weighted by Crippen LogP contribution is -2.25. The Kier molecular flexibility index (Phi) is 7.10. The van der Waals surface area contributed by atoms with Crippen LogP contribution in [0.25, 0.3) is 0 Å². The molecule has 0 N–H and O–H groups in total. The third-order valence-electron chi connectivity index (χ3n) is 5.10. The molecule has 1 heteroatoms. The molecule has 21 heavy (non-hydrogen) atoms. The minimum atomic E-state index is 0.406. The van der Waals surface area contributed by atoms with Gasteiger partial charge in [-0.25, -0.2) is 0 Å². The lowest BCUT2D eigenvalue weighted by atomic mass is 9.68. The molecule has 0 bridgehead atoms. The molecule has 0 spiro atoms. The lowest BCUT2D eigenvalue weighted by molar-refractivity contribution is 0.226. The molecule has 122 valence electrons. The Morgan fingerprint density at radius 3 is 2.33 bits per heavy atom. The zero-order chi connectivity index (χ0) is 16.1. The van der Waals surface area contributed by atoms with Gasteiger partial charge in [0.1, 0.15) is 0 Å². The van der Waals surface area contributed by atoms with Gasteiger partial charge in [0.05, 0.1) is 0 Å². The van der Waals surface area contributed by atoms with Gasteiger partial charge in [0, 0.05) is 0 Å². The van der Waals surface area contributed by atoms with E-state index in [0.29, 0.717) is 16.7 Å². The Morgan fingerprint density at radius 1 is 1.14 bits per heavy atom. The van der Waals surface area contributed by atoms with E-state index in [0.717, 1.165) is 12.3 Å². The fourth-order valence-corrected chi connectivity index (χ4v) is 3.67. The summed E-state index contributed by atoms with van der Waals surface area (Å²) in [5.41, 5.74) is 0.824. The first-order valence-corrected chi connectivity index (χ1v) is 9.21. The van der Waals surface area contributed by atoms with Crippen LogP contribution < -0.4 is 0 Å². The molecule has 0 radical (unpaired) electrons. The van der Waals surface area contributed by atoms with Crippen LogP contribution in [-0.2, 0) is 0 Å². The average Bonchev–Trinajstić information content (AvgIpc) is 2.40. The number of rotatable bonds is 7. The summed E-state index contributed by atoms with van der Waals surface area (Å²) >= 11 is 4.62. The third-order valence-corrected chi connectivity index (χ3v) is 5.73. The standard InChI is InChI=1S/C20H36S/c1-7-8-18(21)17(3)10-9-16(2)15-20(6)13-11-19(4,5)12-14-20/h8,11,13,16-17,21H,7,9-10,12,14-15H2,1-6H3/b18-8+/t16?,17-,20-/m0/s1. The van der Waals surface area contributed by atoms with Gasteiger partial charge in [-0.1, -0.05) is 66.2 Å². The van der Waals surface area contributed by atoms with E-state index in [-0.39, 0.29) is 0 Å². The molecule has 0 aromatic carbocycles. The normalized spacial score (nSPS) is 28.4. The Hall–Kier alpha value is -0.170. The summed E-state index contributed by atoms with van der Waals surface area (Å²) in [7, 11) is 0. The van der Waals surface area contributed by atoms with E-state index in [1.165, 1.54) is 37.0 Å². The SMILES string of the molecule is CC/C=C(/S)[C@@H](C)CCC(C)C[C@@]1(C)C=CC(C)(C)CC1. The number of thiol groups is 1. The molecule has 1 rings (SSSR count). The highest BCUT2D eigenvalue weighted by molar-refractivity contribution is 7.84. The van der Waals surface area contributed by atoms with Crippen LogP contribution in [0.15, 0.2) is 23.1 Å². The van der Waals surface area contributed by atoms with Crippen molar-refractivity contribution in [1.82, 2.24) is 0 Å². The van der Waals surface area contributed by atoms with Crippen LogP contribution >= 0.6 is 12.6 Å². The molecule has 0 saturated heterocycles. The van der Waals surface area contributed by atoms with E-state index in [2.05, 4.69) is 72.4 Å². The highest BCUT2D eigenvalue weighted by Gasteiger charge is 2.31. The molecular formula is C20H36S. The van der Waals surface area contributed by atoms with E-state index in [1.54, 1.807) is 0 Å². The topological polar surface area (TPSA) is 0 Å². The number of hydrogen-bond acceptors (Lipinski definition) is 1. The second kappa shape index (κ2) is 7.90. The minimum Gasteiger partial charge on any atom is -0.148 e. The predicted octanol–water partition coefficient (Wildman–Crippen LogP) is 7.04. The average molecular weight is 309 g/mol. The molecule has 0 aromatic heterocycles. The van der Waals surface area contributed by atoms with Gasteiger partial charge in [0.25, 0.3) is 0 Å². The van der Waals surface area contributed by atoms with Gasteiger partial charge in [0.15, 0.2) is 0 Å². The maximum atomic E-state index is 4.62. The summed E-state index contributed by atoms with van der Waals surface area (Å²) < 4.78 is 0. The second-order valence-electron chi connectivity index (χ2n) is 8.30. The van der Waals surface area contributed by atoms with Crippen molar-refractivity contribution in [1.29, 1.82) is 0 Å². The summed E-state index contributed by atoms with van der Waals surface area (Å²) in [6.45, 7) is 14.1. The van der Waals surface area contributed by atoms with E-state index < -0.39 is 0 Å². The fraction of sp³-hybridized carbons (Fsp3) is 0.800. The predicted molar refractivity (Wildman–Crippen MR) is 99.8 cm³/mol. The van der Waals surface area contributed by atoms with Gasteiger partial charge < -0.3 is 0 Å². The van der Waals surface area contributed by atoms with Crippen molar-refractivity contribution in [3.8, 4) is 0 Å². The minimum absolute atomic E-state index is 0.406. The Morgan fingerprint density at radius 2 is 1.81 bits per heavy atom. The first-order chi connectivity index (χ1) is 9.67. The van der Waals surface area contributed by atoms with Gasteiger partial charge in [-0.3, -0.25) is 0 Å². The van der Waals surface area contributed by atoms with Crippen molar-refractivity contribution in [2.45, 2.75) is 80.1 Å². The van der Waals surface area contributed by atoms with E-state index >= 15 is 0 Å². The molecule has 0 amide bonds. The maximum absolute atomic E-state index is 4.62. The largest absolute Gasteiger partial charge is 0.148 e. The van der Waals surface area contributed by atoms with Gasteiger partial charge in [-0.2, -0.15) is 0 Å². The molecule has 0 heterocycles. The van der Waals surface area contributed by atoms with Gasteiger partial charge in [0.2, 0.25) is 0 Å². The summed E-state index contributed by atoms with van der Waals surface area (Å²) in [6, 6.07) is 0. The van der Waals surface area contributed by atoms with Crippen LogP contribution in [0, 0.1) is 22.7 Å². The molecule has 0 aromatic rings. The first-order valence-electron chi connectivity index (χ1n) is 8.77. The van der Waals surface area contributed by atoms with Crippen LogP contribution in [0.2, 0.25) is 0 Å². The van der Waals surface area contributed by atoms with Crippen LogP contribution in [0.3, 0.4) is 0 Å². The fourth-order valence-electron chi connectivity index (χ4n) is 3.36. The molecule has 0 nitrogen and oxygen atoms in total. The van der Waals surface area contributed by atoms with Crippen molar-refractivity contribution in [2.24, 2.45) is 22.7 Å². The van der Waals surface area contributed by atoms with E-state index in [1.807, 2.05) is 0 Å². The van der Waals surface area contributed by atoms with Crippen molar-refractivity contribution >= 4 is 12.6 Å². The third kappa shape index (κ3) is 6.63. The molecule has 0 aliphatic heterocycles. The van der Waals surface area contributed by atoms with E-state index in [4.69, 9.17) is 0 Å². The molecule has 0 fully saturated rings. The van der Waals surface area contributed by atoms with Crippen LogP contribution in [0.4, 0.5) is 0 Å². The quantitative estimate of drug-likeness (QED) is 0.378. The van der Waals surface area contributed by atoms with Gasteiger partial charge in [-0.05, 0) is 59.7 Å². The van der Waals surface area contributed by atoms with Crippen molar-refractivity contribution < 1.29 is 0 Å². The first kappa shape index (κ1) is 18.9.